The Balaban J connectivity index is 2.46. The molecule has 350 valence electrons. The van der Waals surface area contributed by atoms with Crippen LogP contribution in [0.5, 0.6) is 0 Å². The summed E-state index contributed by atoms with van der Waals surface area (Å²) in [7, 11) is 0. The van der Waals surface area contributed by atoms with E-state index in [9.17, 15) is 19.5 Å². The monoisotopic (exact) mass is 852 g/mol. The molecule has 1 rings (SSSR count). The zero-order valence-electron chi connectivity index (χ0n) is 39.3. The lowest BCUT2D eigenvalue weighted by Gasteiger charge is -2.27. The van der Waals surface area contributed by atoms with Crippen LogP contribution in [0.25, 0.3) is 0 Å². The smallest absolute Gasteiger partial charge is 0.306 e. The molecule has 1 aromatic heterocycles. The van der Waals surface area contributed by atoms with Gasteiger partial charge >= 0.3 is 17.9 Å². The number of nitrogens with zero attached hydrogens (tertiary/aromatic N) is 3. The largest absolute Gasteiger partial charge is 0.463 e. The van der Waals surface area contributed by atoms with Crippen molar-refractivity contribution in [3.05, 3.63) is 11.9 Å². The molecule has 60 heavy (non-hydrogen) atoms. The standard InChI is InChI=1S/C48H89N3O9/c1-7-9-11-13-15-17-19-21-23-25-27-29-44(52)58-41-43(60-46(54)30-28-26-24-22-20-18-16-14-12-10-8-2)40-51-39-42(49-50-51)31-32-45(53)57-38-37-56-35-34-48(5,6)59-36-33-47(3,4)55/h39,43,55H,7-38,40-41H2,1-6H3. The summed E-state index contributed by atoms with van der Waals surface area (Å²) in [6, 6.07) is 0. The number of hydrogen-bond acceptors (Lipinski definition) is 11. The predicted molar refractivity (Wildman–Crippen MR) is 239 cm³/mol. The quantitative estimate of drug-likeness (QED) is 0.0380. The number of carbonyl (C=O) groups excluding carboxylic acids is 3. The van der Waals surface area contributed by atoms with E-state index >= 15 is 0 Å². The maximum absolute atomic E-state index is 12.9. The van der Waals surface area contributed by atoms with Crippen molar-refractivity contribution in [1.82, 2.24) is 15.0 Å². The third-order valence-electron chi connectivity index (χ3n) is 10.8. The number of aliphatic hydroxyl groups is 1. The SMILES string of the molecule is CCCCCCCCCCCCCC(=O)OCC(Cn1cc(CCC(=O)OCCOCCC(C)(C)OCCC(C)(C)O)nn1)OC(=O)CCCCCCCCCCCCC. The average Bonchev–Trinajstić information content (AvgIpc) is 3.65. The fourth-order valence-electron chi connectivity index (χ4n) is 6.83. The Hall–Kier alpha value is -2.57. The van der Waals surface area contributed by atoms with E-state index in [1.54, 1.807) is 24.7 Å². The highest BCUT2D eigenvalue weighted by Crippen LogP contribution is 2.18. The van der Waals surface area contributed by atoms with Gasteiger partial charge in [-0.3, -0.25) is 14.4 Å². The summed E-state index contributed by atoms with van der Waals surface area (Å²) in [5.74, 6) is -0.942. The minimum Gasteiger partial charge on any atom is -0.463 e. The van der Waals surface area contributed by atoms with Crippen molar-refractivity contribution in [3.63, 3.8) is 0 Å². The second kappa shape index (κ2) is 36.0. The predicted octanol–water partition coefficient (Wildman–Crippen LogP) is 11.0. The van der Waals surface area contributed by atoms with Crippen LogP contribution in [0.3, 0.4) is 0 Å². The van der Waals surface area contributed by atoms with Crippen LogP contribution in [0.2, 0.25) is 0 Å². The number of aryl methyl sites for hydroxylation is 1. The molecule has 1 N–H and O–H groups in total. The zero-order chi connectivity index (χ0) is 44.2. The zero-order valence-corrected chi connectivity index (χ0v) is 39.3. The number of carbonyl (C=O) groups is 3. The van der Waals surface area contributed by atoms with Crippen LogP contribution in [-0.4, -0.2) is 88.3 Å². The van der Waals surface area contributed by atoms with Crippen molar-refractivity contribution in [1.29, 1.82) is 0 Å². The highest BCUT2D eigenvalue weighted by atomic mass is 16.6. The normalized spacial score (nSPS) is 12.4. The van der Waals surface area contributed by atoms with E-state index in [4.69, 9.17) is 23.7 Å². The third kappa shape index (κ3) is 35.1. The third-order valence-corrected chi connectivity index (χ3v) is 10.8. The van der Waals surface area contributed by atoms with Crippen LogP contribution in [0.1, 0.15) is 221 Å². The van der Waals surface area contributed by atoms with Crippen molar-refractivity contribution in [2.45, 2.75) is 245 Å². The van der Waals surface area contributed by atoms with E-state index < -0.39 is 11.7 Å². The molecular weight excluding hydrogens is 763 g/mol. The van der Waals surface area contributed by atoms with Gasteiger partial charge in [-0.1, -0.05) is 147 Å². The molecule has 1 heterocycles. The molecule has 0 saturated carbocycles. The Morgan fingerprint density at radius 1 is 0.617 bits per heavy atom. The second-order valence-electron chi connectivity index (χ2n) is 18.1. The van der Waals surface area contributed by atoms with Gasteiger partial charge in [-0.15, -0.1) is 5.10 Å². The summed E-state index contributed by atoms with van der Waals surface area (Å²) in [6.45, 7) is 13.5. The fourth-order valence-corrected chi connectivity index (χ4v) is 6.83. The molecule has 0 amide bonds. The second-order valence-corrected chi connectivity index (χ2v) is 18.1. The van der Waals surface area contributed by atoms with Gasteiger partial charge in [-0.2, -0.15) is 0 Å². The van der Waals surface area contributed by atoms with Gasteiger partial charge in [-0.25, -0.2) is 4.68 Å². The van der Waals surface area contributed by atoms with Gasteiger partial charge in [0.15, 0.2) is 6.10 Å². The molecule has 0 aliphatic rings. The molecule has 12 heteroatoms. The van der Waals surface area contributed by atoms with Crippen molar-refractivity contribution in [3.8, 4) is 0 Å². The van der Waals surface area contributed by atoms with Crippen LogP contribution in [0.4, 0.5) is 0 Å². The molecule has 0 aliphatic carbocycles. The summed E-state index contributed by atoms with van der Waals surface area (Å²) in [6.07, 6.45) is 29.9. The number of unbranched alkanes of at least 4 members (excludes halogenated alkanes) is 20. The Bertz CT molecular complexity index is 1200. The summed E-state index contributed by atoms with van der Waals surface area (Å²) in [5, 5.41) is 18.3. The first kappa shape index (κ1) is 55.4. The van der Waals surface area contributed by atoms with E-state index in [0.717, 1.165) is 38.5 Å². The van der Waals surface area contributed by atoms with Crippen molar-refractivity contribution in [2.75, 3.05) is 33.0 Å². The van der Waals surface area contributed by atoms with E-state index in [0.29, 0.717) is 51.0 Å². The Morgan fingerprint density at radius 2 is 1.12 bits per heavy atom. The van der Waals surface area contributed by atoms with Crippen LogP contribution >= 0.6 is 0 Å². The first-order chi connectivity index (χ1) is 28.8. The van der Waals surface area contributed by atoms with E-state index in [2.05, 4.69) is 24.2 Å². The number of rotatable bonds is 42. The van der Waals surface area contributed by atoms with E-state index in [-0.39, 0.29) is 56.3 Å². The Kier molecular flexibility index (Phi) is 33.2. The van der Waals surface area contributed by atoms with Gasteiger partial charge in [0, 0.05) is 32.1 Å². The lowest BCUT2D eigenvalue weighted by molar-refractivity contribution is -0.160. The molecule has 0 aliphatic heterocycles. The number of esters is 3. The molecule has 0 bridgehead atoms. The van der Waals surface area contributed by atoms with Crippen LogP contribution < -0.4 is 0 Å². The van der Waals surface area contributed by atoms with Gasteiger partial charge in [0.25, 0.3) is 0 Å². The van der Waals surface area contributed by atoms with Crippen LogP contribution in [0.15, 0.2) is 6.20 Å². The lowest BCUT2D eigenvalue weighted by atomic mass is 10.0. The molecule has 0 radical (unpaired) electrons. The lowest BCUT2D eigenvalue weighted by Crippen LogP contribution is -2.30. The highest BCUT2D eigenvalue weighted by Gasteiger charge is 2.21. The van der Waals surface area contributed by atoms with Gasteiger partial charge in [0.1, 0.15) is 13.2 Å². The number of hydrogen-bond donors (Lipinski definition) is 1. The fraction of sp³-hybridized carbons (Fsp3) is 0.896. The summed E-state index contributed by atoms with van der Waals surface area (Å²) in [5.41, 5.74) is -0.542. The maximum Gasteiger partial charge on any atom is 0.306 e. The average molecular weight is 852 g/mol. The van der Waals surface area contributed by atoms with E-state index in [1.807, 2.05) is 13.8 Å². The van der Waals surface area contributed by atoms with Crippen molar-refractivity contribution >= 4 is 17.9 Å². The Morgan fingerprint density at radius 3 is 1.65 bits per heavy atom. The summed E-state index contributed by atoms with van der Waals surface area (Å²) >= 11 is 0. The minimum absolute atomic E-state index is 0.0446. The molecule has 0 saturated heterocycles. The minimum atomic E-state index is -0.763. The molecular formula is C48H89N3O9. The first-order valence-corrected chi connectivity index (χ1v) is 24.2. The molecule has 0 fully saturated rings. The molecule has 1 unspecified atom stereocenters. The molecule has 0 spiro atoms. The number of ether oxygens (including phenoxy) is 5. The molecule has 12 nitrogen and oxygen atoms in total. The van der Waals surface area contributed by atoms with E-state index in [1.165, 1.54) is 103 Å². The van der Waals surface area contributed by atoms with Crippen molar-refractivity contribution in [2.24, 2.45) is 0 Å². The van der Waals surface area contributed by atoms with Crippen LogP contribution in [0, 0.1) is 0 Å². The van der Waals surface area contributed by atoms with Gasteiger partial charge < -0.3 is 28.8 Å². The molecule has 1 aromatic rings. The topological polar surface area (TPSA) is 148 Å². The van der Waals surface area contributed by atoms with Gasteiger partial charge in [0.05, 0.1) is 43.1 Å². The van der Waals surface area contributed by atoms with Gasteiger partial charge in [0.2, 0.25) is 0 Å². The first-order valence-electron chi connectivity index (χ1n) is 24.2. The highest BCUT2D eigenvalue weighted by molar-refractivity contribution is 5.70. The molecule has 1 atom stereocenters. The van der Waals surface area contributed by atoms with Gasteiger partial charge in [-0.05, 0) is 53.4 Å². The maximum atomic E-state index is 12.9. The summed E-state index contributed by atoms with van der Waals surface area (Å²) in [4.78, 5) is 37.9. The van der Waals surface area contributed by atoms with Crippen LogP contribution in [-0.2, 0) is 51.0 Å². The Labute approximate surface area is 365 Å². The molecule has 0 aromatic carbocycles. The van der Waals surface area contributed by atoms with Crippen molar-refractivity contribution < 1.29 is 43.2 Å². The number of aromatic nitrogens is 3. The summed E-state index contributed by atoms with van der Waals surface area (Å²) < 4.78 is 29.9.